The van der Waals surface area contributed by atoms with E-state index in [0.29, 0.717) is 6.04 Å². The molecule has 0 radical (unpaired) electrons. The third-order valence-corrected chi connectivity index (χ3v) is 2.82. The lowest BCUT2D eigenvalue weighted by atomic mass is 10.1. The van der Waals surface area contributed by atoms with Gasteiger partial charge in [0.15, 0.2) is 0 Å². The predicted molar refractivity (Wildman–Crippen MR) is 59.8 cm³/mol. The highest BCUT2D eigenvalue weighted by Crippen LogP contribution is 2.14. The van der Waals surface area contributed by atoms with Crippen LogP contribution in [0.2, 0.25) is 0 Å². The number of ether oxygens (including phenoxy) is 1. The molecule has 15 heavy (non-hydrogen) atoms. The normalized spacial score (nSPS) is 18.1. The average Bonchev–Trinajstić information content (AvgIpc) is 2.18. The summed E-state index contributed by atoms with van der Waals surface area (Å²) < 4.78 is 5.31. The fourth-order valence-electron chi connectivity index (χ4n) is 1.90. The van der Waals surface area contributed by atoms with Gasteiger partial charge in [-0.15, -0.1) is 0 Å². The van der Waals surface area contributed by atoms with Gasteiger partial charge in [0.25, 0.3) is 0 Å². The number of rotatable bonds is 4. The SMILES string of the molecule is CC(=O)N(CCN(C)C)C1CCOCC1. The molecule has 1 aliphatic heterocycles. The number of carbonyl (C=O) groups is 1. The van der Waals surface area contributed by atoms with Crippen LogP contribution in [0.3, 0.4) is 0 Å². The number of nitrogens with zero attached hydrogens (tertiary/aromatic N) is 2. The number of hydrogen-bond acceptors (Lipinski definition) is 3. The van der Waals surface area contributed by atoms with E-state index in [1.807, 2.05) is 19.0 Å². The minimum Gasteiger partial charge on any atom is -0.381 e. The molecule has 4 heteroatoms. The Bertz CT molecular complexity index is 201. The molecule has 1 rings (SSSR count). The zero-order chi connectivity index (χ0) is 11.3. The van der Waals surface area contributed by atoms with Gasteiger partial charge in [-0.25, -0.2) is 0 Å². The smallest absolute Gasteiger partial charge is 0.219 e. The number of amides is 1. The first-order valence-electron chi connectivity index (χ1n) is 5.61. The molecule has 4 nitrogen and oxygen atoms in total. The van der Waals surface area contributed by atoms with Crippen LogP contribution >= 0.6 is 0 Å². The van der Waals surface area contributed by atoms with Crippen molar-refractivity contribution in [2.45, 2.75) is 25.8 Å². The van der Waals surface area contributed by atoms with E-state index < -0.39 is 0 Å². The Balaban J connectivity index is 2.44. The lowest BCUT2D eigenvalue weighted by Crippen LogP contribution is -2.45. The summed E-state index contributed by atoms with van der Waals surface area (Å²) >= 11 is 0. The predicted octanol–water partition coefficient (Wildman–Crippen LogP) is 0.575. The lowest BCUT2D eigenvalue weighted by molar-refractivity contribution is -0.133. The number of likely N-dealkylation sites (N-methyl/N-ethyl adjacent to an activating group) is 1. The maximum atomic E-state index is 11.5. The Hall–Kier alpha value is -0.610. The molecular formula is C11H22N2O2. The summed E-state index contributed by atoms with van der Waals surface area (Å²) in [6.07, 6.45) is 1.96. The highest BCUT2D eigenvalue weighted by molar-refractivity contribution is 5.73. The van der Waals surface area contributed by atoms with Crippen molar-refractivity contribution in [2.24, 2.45) is 0 Å². The van der Waals surface area contributed by atoms with Crippen molar-refractivity contribution in [2.75, 3.05) is 40.4 Å². The Morgan fingerprint density at radius 2 is 1.87 bits per heavy atom. The van der Waals surface area contributed by atoms with Crippen molar-refractivity contribution in [3.8, 4) is 0 Å². The van der Waals surface area contributed by atoms with Crippen LogP contribution in [0.5, 0.6) is 0 Å². The summed E-state index contributed by atoms with van der Waals surface area (Å²) in [5, 5.41) is 0. The van der Waals surface area contributed by atoms with Crippen LogP contribution in [0.4, 0.5) is 0 Å². The molecular weight excluding hydrogens is 192 g/mol. The van der Waals surface area contributed by atoms with Crippen LogP contribution in [0, 0.1) is 0 Å². The van der Waals surface area contributed by atoms with Crippen molar-refractivity contribution >= 4 is 5.91 Å². The van der Waals surface area contributed by atoms with E-state index in [1.165, 1.54) is 0 Å². The van der Waals surface area contributed by atoms with Crippen LogP contribution in [0.1, 0.15) is 19.8 Å². The first kappa shape index (κ1) is 12.5. The molecule has 0 atom stereocenters. The van der Waals surface area contributed by atoms with E-state index in [1.54, 1.807) is 6.92 Å². The van der Waals surface area contributed by atoms with E-state index in [-0.39, 0.29) is 5.91 Å². The van der Waals surface area contributed by atoms with Crippen molar-refractivity contribution in [3.05, 3.63) is 0 Å². The first-order valence-corrected chi connectivity index (χ1v) is 5.61. The van der Waals surface area contributed by atoms with Gasteiger partial charge in [-0.05, 0) is 26.9 Å². The standard InChI is InChI=1S/C11H22N2O2/c1-10(14)13(7-6-12(2)3)11-4-8-15-9-5-11/h11H,4-9H2,1-3H3. The monoisotopic (exact) mass is 214 g/mol. The molecule has 88 valence electrons. The maximum absolute atomic E-state index is 11.5. The maximum Gasteiger partial charge on any atom is 0.219 e. The highest BCUT2D eigenvalue weighted by atomic mass is 16.5. The molecule has 0 spiro atoms. The van der Waals surface area contributed by atoms with Gasteiger partial charge in [0.2, 0.25) is 5.91 Å². The highest BCUT2D eigenvalue weighted by Gasteiger charge is 2.22. The Morgan fingerprint density at radius 3 is 2.33 bits per heavy atom. The van der Waals surface area contributed by atoms with Crippen LogP contribution < -0.4 is 0 Å². The molecule has 1 saturated heterocycles. The second kappa shape index (κ2) is 6.08. The molecule has 0 bridgehead atoms. The van der Waals surface area contributed by atoms with Gasteiger partial charge in [-0.1, -0.05) is 0 Å². The molecule has 0 aliphatic carbocycles. The van der Waals surface area contributed by atoms with E-state index in [0.717, 1.165) is 39.1 Å². The van der Waals surface area contributed by atoms with Gasteiger partial charge in [-0.3, -0.25) is 4.79 Å². The zero-order valence-corrected chi connectivity index (χ0v) is 10.0. The van der Waals surface area contributed by atoms with Gasteiger partial charge in [-0.2, -0.15) is 0 Å². The summed E-state index contributed by atoms with van der Waals surface area (Å²) in [5.74, 6) is 0.184. The summed E-state index contributed by atoms with van der Waals surface area (Å²) in [6.45, 7) is 4.99. The molecule has 1 heterocycles. The zero-order valence-electron chi connectivity index (χ0n) is 10.0. The molecule has 0 aromatic carbocycles. The van der Waals surface area contributed by atoms with E-state index in [2.05, 4.69) is 4.90 Å². The van der Waals surface area contributed by atoms with Gasteiger partial charge in [0.05, 0.1) is 0 Å². The second-order valence-corrected chi connectivity index (χ2v) is 4.36. The van der Waals surface area contributed by atoms with Crippen molar-refractivity contribution in [1.82, 2.24) is 9.80 Å². The van der Waals surface area contributed by atoms with E-state index in [9.17, 15) is 4.79 Å². The molecule has 1 amide bonds. The third-order valence-electron chi connectivity index (χ3n) is 2.82. The van der Waals surface area contributed by atoms with Crippen LogP contribution in [-0.4, -0.2) is 62.1 Å². The molecule has 1 fully saturated rings. The minimum absolute atomic E-state index is 0.184. The molecule has 0 unspecified atom stereocenters. The molecule has 0 saturated carbocycles. The van der Waals surface area contributed by atoms with Crippen LogP contribution in [-0.2, 0) is 9.53 Å². The molecule has 0 aromatic heterocycles. The topological polar surface area (TPSA) is 32.8 Å². The van der Waals surface area contributed by atoms with Gasteiger partial charge in [0.1, 0.15) is 0 Å². The summed E-state index contributed by atoms with van der Waals surface area (Å²) in [6, 6.07) is 0.385. The minimum atomic E-state index is 0.184. The second-order valence-electron chi connectivity index (χ2n) is 4.36. The molecule has 1 aliphatic rings. The van der Waals surface area contributed by atoms with Crippen LogP contribution in [0.15, 0.2) is 0 Å². The average molecular weight is 214 g/mol. The quantitative estimate of drug-likeness (QED) is 0.686. The molecule has 0 aromatic rings. The summed E-state index contributed by atoms with van der Waals surface area (Å²) in [4.78, 5) is 15.6. The van der Waals surface area contributed by atoms with Gasteiger partial charge in [0, 0.05) is 39.3 Å². The number of carbonyl (C=O) groups excluding carboxylic acids is 1. The fourth-order valence-corrected chi connectivity index (χ4v) is 1.90. The van der Waals surface area contributed by atoms with E-state index in [4.69, 9.17) is 4.74 Å². The summed E-state index contributed by atoms with van der Waals surface area (Å²) in [7, 11) is 4.06. The van der Waals surface area contributed by atoms with Crippen molar-refractivity contribution in [3.63, 3.8) is 0 Å². The van der Waals surface area contributed by atoms with Gasteiger partial charge < -0.3 is 14.5 Å². The number of hydrogen-bond donors (Lipinski definition) is 0. The van der Waals surface area contributed by atoms with Crippen molar-refractivity contribution < 1.29 is 9.53 Å². The Labute approximate surface area is 92.2 Å². The van der Waals surface area contributed by atoms with E-state index >= 15 is 0 Å². The first-order chi connectivity index (χ1) is 7.11. The largest absolute Gasteiger partial charge is 0.381 e. The lowest BCUT2D eigenvalue weighted by Gasteiger charge is -2.34. The summed E-state index contributed by atoms with van der Waals surface area (Å²) in [5.41, 5.74) is 0. The van der Waals surface area contributed by atoms with Gasteiger partial charge >= 0.3 is 0 Å². The Morgan fingerprint density at radius 1 is 1.27 bits per heavy atom. The third kappa shape index (κ3) is 4.18. The van der Waals surface area contributed by atoms with Crippen molar-refractivity contribution in [1.29, 1.82) is 0 Å². The van der Waals surface area contributed by atoms with Crippen LogP contribution in [0.25, 0.3) is 0 Å². The fraction of sp³-hybridized carbons (Fsp3) is 0.909. The molecule has 0 N–H and O–H groups in total. The Kier molecular flexibility index (Phi) is 5.05.